The molecule has 5 rings (SSSR count). The molecule has 20 nitrogen and oxygen atoms in total. The van der Waals surface area contributed by atoms with E-state index in [4.69, 9.17) is 40.6 Å². The third kappa shape index (κ3) is 11.3. The Morgan fingerprint density at radius 3 is 0.804 bits per heavy atom. The lowest BCUT2D eigenvalue weighted by atomic mass is 10.1. The zero-order chi connectivity index (χ0) is 39.9. The highest BCUT2D eigenvalue weighted by Gasteiger charge is 2.30. The van der Waals surface area contributed by atoms with Gasteiger partial charge in [-0.3, -0.25) is 19.2 Å². The molecular weight excluding hydrogens is 728 g/mol. The molecule has 4 amide bonds. The molecular formula is C36H52N12O8. The Morgan fingerprint density at radius 2 is 0.607 bits per heavy atom. The molecule has 0 saturated carbocycles. The summed E-state index contributed by atoms with van der Waals surface area (Å²) in [6.45, 7) is 1.74. The number of nitrogens with one attached hydrogen (secondary N) is 4. The fourth-order valence-electron chi connectivity index (χ4n) is 6.14. The SMILES string of the molecule is NCCCCC1NC(=O)c2coc(n2)[C@H](CCCCN)NC(=O)c2coc(n2)[C@H](CCCCN)NC(=O)c2coc(n2)[C@H](CCCCN)NC(=O)c2coc1n2. The molecule has 0 aromatic carbocycles. The summed E-state index contributed by atoms with van der Waals surface area (Å²) in [5.41, 5.74) is 22.7. The second kappa shape index (κ2) is 21.0. The van der Waals surface area contributed by atoms with Gasteiger partial charge in [-0.25, -0.2) is 19.9 Å². The van der Waals surface area contributed by atoms with Gasteiger partial charge in [-0.1, -0.05) is 0 Å². The Morgan fingerprint density at radius 1 is 0.393 bits per heavy atom. The van der Waals surface area contributed by atoms with E-state index in [1.807, 2.05) is 0 Å². The van der Waals surface area contributed by atoms with Crippen LogP contribution < -0.4 is 44.2 Å². The summed E-state index contributed by atoms with van der Waals surface area (Å²) in [5.74, 6) is -2.00. The van der Waals surface area contributed by atoms with Gasteiger partial charge in [0.15, 0.2) is 22.8 Å². The van der Waals surface area contributed by atoms with E-state index in [1.54, 1.807) is 0 Å². The van der Waals surface area contributed by atoms with Gasteiger partial charge >= 0.3 is 0 Å². The first-order chi connectivity index (χ1) is 27.2. The molecule has 0 fully saturated rings. The summed E-state index contributed by atoms with van der Waals surface area (Å²) in [6, 6.07) is -3.02. The van der Waals surface area contributed by atoms with E-state index in [2.05, 4.69) is 41.2 Å². The maximum atomic E-state index is 13.6. The molecule has 56 heavy (non-hydrogen) atoms. The van der Waals surface area contributed by atoms with Crippen molar-refractivity contribution in [3.8, 4) is 0 Å². The molecule has 1 unspecified atom stereocenters. The fraction of sp³-hybridized carbons (Fsp3) is 0.556. The van der Waals surface area contributed by atoms with Crippen LogP contribution in [0.5, 0.6) is 0 Å². The normalized spacial score (nSPS) is 19.5. The standard InChI is InChI=1S/C36H52N12O8/c37-13-5-1-9-21-33-45-26(17-53-33)30(50)42-23(11-3-7-15-39)35-47-28(19-55-35)32(52)44-24(12-4-8-16-40)36-48-27(20-56-36)31(51)43-22(10-2-6-14-38)34-46-25(18-54-34)29(49)41-21/h17-24H,1-16,37-40H2,(H,41,49)(H,42,50)(H,43,51)(H,44,52)/t21-,22-,23-,24?/m0/s1. The Balaban J connectivity index is 1.51. The van der Waals surface area contributed by atoms with Crippen LogP contribution in [-0.4, -0.2) is 69.7 Å². The molecule has 12 N–H and O–H groups in total. The summed E-state index contributed by atoms with van der Waals surface area (Å²) in [5, 5.41) is 11.5. The average molecular weight is 781 g/mol. The lowest BCUT2D eigenvalue weighted by Crippen LogP contribution is -2.32. The first-order valence-electron chi connectivity index (χ1n) is 19.1. The molecule has 4 atom stereocenters. The molecule has 0 radical (unpaired) electrons. The van der Waals surface area contributed by atoms with Crippen LogP contribution in [0.25, 0.3) is 0 Å². The number of aromatic nitrogens is 4. The van der Waals surface area contributed by atoms with Gasteiger partial charge in [0.25, 0.3) is 23.6 Å². The minimum atomic E-state index is -0.755. The maximum Gasteiger partial charge on any atom is 0.273 e. The van der Waals surface area contributed by atoms with Crippen LogP contribution in [0.3, 0.4) is 0 Å². The van der Waals surface area contributed by atoms with Gasteiger partial charge in [-0.05, 0) is 103 Å². The molecule has 20 heteroatoms. The van der Waals surface area contributed by atoms with E-state index in [0.717, 1.165) is 0 Å². The highest BCUT2D eigenvalue weighted by Crippen LogP contribution is 2.26. The number of unbranched alkanes of at least 4 members (excludes halogenated alkanes) is 4. The number of rotatable bonds is 16. The van der Waals surface area contributed by atoms with E-state index < -0.39 is 47.8 Å². The Kier molecular flexibility index (Phi) is 15.7. The van der Waals surface area contributed by atoms with Crippen LogP contribution in [0.4, 0.5) is 0 Å². The van der Waals surface area contributed by atoms with Crippen molar-refractivity contribution in [1.29, 1.82) is 0 Å². The van der Waals surface area contributed by atoms with Crippen LogP contribution >= 0.6 is 0 Å². The van der Waals surface area contributed by atoms with E-state index >= 15 is 0 Å². The van der Waals surface area contributed by atoms with Crippen molar-refractivity contribution < 1.29 is 36.8 Å². The van der Waals surface area contributed by atoms with E-state index in [1.165, 1.54) is 25.1 Å². The fourth-order valence-corrected chi connectivity index (χ4v) is 6.14. The van der Waals surface area contributed by atoms with Crippen LogP contribution in [0.2, 0.25) is 0 Å². The van der Waals surface area contributed by atoms with E-state index in [-0.39, 0.29) is 46.3 Å². The summed E-state index contributed by atoms with van der Waals surface area (Å²) >= 11 is 0. The number of carbonyl (C=O) groups is 4. The molecule has 0 aliphatic carbocycles. The van der Waals surface area contributed by atoms with Crippen molar-refractivity contribution in [2.45, 2.75) is 101 Å². The van der Waals surface area contributed by atoms with Crippen molar-refractivity contribution in [1.82, 2.24) is 41.2 Å². The molecule has 5 heterocycles. The summed E-state index contributed by atoms with van der Waals surface area (Å²) in [7, 11) is 0. The quantitative estimate of drug-likeness (QED) is 0.0756. The zero-order valence-electron chi connectivity index (χ0n) is 31.3. The predicted octanol–water partition coefficient (Wildman–Crippen LogP) is 2.35. The van der Waals surface area contributed by atoms with Crippen molar-refractivity contribution >= 4 is 23.6 Å². The number of hydrogen-bond acceptors (Lipinski definition) is 16. The number of oxazole rings is 4. The highest BCUT2D eigenvalue weighted by molar-refractivity contribution is 5.94. The minimum Gasteiger partial charge on any atom is -0.446 e. The largest absolute Gasteiger partial charge is 0.446 e. The summed E-state index contributed by atoms with van der Waals surface area (Å²) in [4.78, 5) is 71.9. The van der Waals surface area contributed by atoms with Crippen LogP contribution in [0, 0.1) is 0 Å². The maximum absolute atomic E-state index is 13.6. The summed E-state index contributed by atoms with van der Waals surface area (Å²) < 4.78 is 22.9. The molecule has 8 bridgehead atoms. The van der Waals surface area contributed by atoms with Crippen LogP contribution in [0.1, 0.15) is 167 Å². The second-order valence-corrected chi connectivity index (χ2v) is 13.5. The van der Waals surface area contributed by atoms with E-state index in [0.29, 0.717) is 103 Å². The van der Waals surface area contributed by atoms with Crippen LogP contribution in [-0.2, 0) is 0 Å². The smallest absolute Gasteiger partial charge is 0.273 e. The molecule has 0 spiro atoms. The van der Waals surface area contributed by atoms with Crippen molar-refractivity contribution in [3.63, 3.8) is 0 Å². The third-order valence-electron chi connectivity index (χ3n) is 9.22. The van der Waals surface area contributed by atoms with Crippen molar-refractivity contribution in [2.75, 3.05) is 26.2 Å². The molecule has 1 aliphatic heterocycles. The number of nitrogens with two attached hydrogens (primary N) is 4. The van der Waals surface area contributed by atoms with Gasteiger partial charge in [-0.15, -0.1) is 0 Å². The number of carbonyl (C=O) groups excluding carboxylic acids is 4. The minimum absolute atomic E-state index is 0.0497. The van der Waals surface area contributed by atoms with Gasteiger partial charge in [0.1, 0.15) is 49.2 Å². The first-order valence-corrected chi connectivity index (χ1v) is 19.1. The van der Waals surface area contributed by atoms with Gasteiger partial charge in [0.05, 0.1) is 0 Å². The number of amides is 4. The number of hydrogen-bond donors (Lipinski definition) is 8. The Labute approximate surface area is 323 Å². The average Bonchev–Trinajstić information content (AvgIpc) is 4.03. The first kappa shape index (κ1) is 41.7. The molecule has 1 aliphatic rings. The van der Waals surface area contributed by atoms with Gasteiger partial charge in [0.2, 0.25) is 23.6 Å². The predicted molar refractivity (Wildman–Crippen MR) is 198 cm³/mol. The molecule has 0 saturated heterocycles. The van der Waals surface area contributed by atoms with Crippen molar-refractivity contribution in [3.05, 3.63) is 71.4 Å². The topological polar surface area (TPSA) is 325 Å². The van der Waals surface area contributed by atoms with Gasteiger partial charge < -0.3 is 61.9 Å². The number of nitrogens with zero attached hydrogens (tertiary/aromatic N) is 4. The summed E-state index contributed by atoms with van der Waals surface area (Å²) in [6.07, 6.45) is 11.5. The second-order valence-electron chi connectivity index (χ2n) is 13.5. The van der Waals surface area contributed by atoms with Crippen LogP contribution in [0.15, 0.2) is 42.7 Å². The number of fused-ring (bicyclic) bond motifs is 8. The van der Waals surface area contributed by atoms with Gasteiger partial charge in [0, 0.05) is 0 Å². The molecule has 4 aromatic rings. The lowest BCUT2D eigenvalue weighted by Gasteiger charge is -2.16. The lowest BCUT2D eigenvalue weighted by molar-refractivity contribution is 0.0914. The third-order valence-corrected chi connectivity index (χ3v) is 9.22. The Hall–Kier alpha value is -5.44. The Bertz CT molecular complexity index is 1600. The highest BCUT2D eigenvalue weighted by atomic mass is 16.4. The zero-order valence-corrected chi connectivity index (χ0v) is 31.3. The van der Waals surface area contributed by atoms with Gasteiger partial charge in [-0.2, -0.15) is 0 Å². The molecule has 304 valence electrons. The van der Waals surface area contributed by atoms with E-state index in [9.17, 15) is 19.2 Å². The molecule has 4 aromatic heterocycles. The van der Waals surface area contributed by atoms with Crippen molar-refractivity contribution in [2.24, 2.45) is 22.9 Å². The monoisotopic (exact) mass is 780 g/mol.